The van der Waals surface area contributed by atoms with E-state index in [-0.39, 0.29) is 18.2 Å². The van der Waals surface area contributed by atoms with Gasteiger partial charge in [-0.05, 0) is 43.5 Å². The number of rotatable bonds is 9. The first-order valence-electron chi connectivity index (χ1n) is 9.14. The van der Waals surface area contributed by atoms with Gasteiger partial charge >= 0.3 is 0 Å². The third-order valence-electron chi connectivity index (χ3n) is 4.30. The summed E-state index contributed by atoms with van der Waals surface area (Å²) in [7, 11) is 0. The summed E-state index contributed by atoms with van der Waals surface area (Å²) in [6, 6.07) is 10.3. The molecule has 0 radical (unpaired) electrons. The lowest BCUT2D eigenvalue weighted by Crippen LogP contribution is -2.23. The van der Waals surface area contributed by atoms with Crippen LogP contribution in [0.25, 0.3) is 10.2 Å². The minimum atomic E-state index is -0.440. The van der Waals surface area contributed by atoms with Crippen LogP contribution in [0.3, 0.4) is 0 Å². The molecule has 0 aliphatic heterocycles. The highest BCUT2D eigenvalue weighted by molar-refractivity contribution is 7.16. The molecule has 1 heterocycles. The molecule has 0 saturated carbocycles. The monoisotopic (exact) mass is 396 g/mol. The molecule has 3 aromatic rings. The highest BCUT2D eigenvalue weighted by atomic mass is 32.1. The largest absolute Gasteiger partial charge is 0.491 e. The van der Waals surface area contributed by atoms with E-state index in [9.17, 15) is 9.18 Å². The molecule has 144 valence electrons. The Hall–Kier alpha value is -2.91. The smallest absolute Gasteiger partial charge is 0.251 e. The molecule has 28 heavy (non-hydrogen) atoms. The molecule has 1 amide bonds. The molecule has 6 heteroatoms. The van der Waals surface area contributed by atoms with E-state index < -0.39 is 5.82 Å². The molecule has 0 bridgehead atoms. The number of nitrogens with zero attached hydrogens (tertiary/aromatic N) is 1. The molecule has 4 nitrogen and oxygen atoms in total. The number of aromatic nitrogens is 1. The molecule has 0 aliphatic rings. The number of carbonyl (C=O) groups is 1. The average Bonchev–Trinajstić information content (AvgIpc) is 3.18. The molecule has 0 atom stereocenters. The maximum Gasteiger partial charge on any atom is 0.251 e. The van der Waals surface area contributed by atoms with Crippen LogP contribution in [0.2, 0.25) is 0 Å². The van der Waals surface area contributed by atoms with E-state index in [0.717, 1.165) is 35.9 Å². The summed E-state index contributed by atoms with van der Waals surface area (Å²) in [6.45, 7) is 0.525. The first-order valence-corrected chi connectivity index (χ1v) is 10.0. The molecule has 0 aliphatic carbocycles. The molecule has 3 rings (SSSR count). The Bertz CT molecular complexity index is 994. The molecule has 0 fully saturated rings. The Morgan fingerprint density at radius 1 is 1.25 bits per heavy atom. The van der Waals surface area contributed by atoms with Crippen LogP contribution < -0.4 is 10.1 Å². The lowest BCUT2D eigenvalue weighted by molar-refractivity contribution is 0.0950. The number of hydrogen-bond acceptors (Lipinski definition) is 4. The van der Waals surface area contributed by atoms with E-state index in [1.54, 1.807) is 41.9 Å². The second-order valence-electron chi connectivity index (χ2n) is 6.31. The highest BCUT2D eigenvalue weighted by Gasteiger charge is 2.12. The van der Waals surface area contributed by atoms with Crippen LogP contribution in [0.15, 0.2) is 41.9 Å². The van der Waals surface area contributed by atoms with Crippen LogP contribution >= 0.6 is 11.3 Å². The standard InChI is InChI=1S/C22H21FN2O2S/c1-2-3-4-5-6-12-27-19-9-7-8-17(21(19)23)14-24-22(26)16-10-11-18-20(13-16)28-15-25-18/h1,7-11,13,15H,3-6,12,14H2,(H,24,26). The fourth-order valence-electron chi connectivity index (χ4n) is 2.77. The lowest BCUT2D eigenvalue weighted by atomic mass is 10.1. The fourth-order valence-corrected chi connectivity index (χ4v) is 3.48. The van der Waals surface area contributed by atoms with Crippen molar-refractivity contribution in [3.8, 4) is 18.1 Å². The van der Waals surface area contributed by atoms with E-state index >= 15 is 0 Å². The topological polar surface area (TPSA) is 51.2 Å². The molecule has 0 unspecified atom stereocenters. The van der Waals surface area contributed by atoms with Gasteiger partial charge in [-0.3, -0.25) is 4.79 Å². The predicted molar refractivity (Wildman–Crippen MR) is 110 cm³/mol. The van der Waals surface area contributed by atoms with E-state index in [4.69, 9.17) is 11.2 Å². The quantitative estimate of drug-likeness (QED) is 0.412. The molecule has 0 spiro atoms. The van der Waals surface area contributed by atoms with Crippen LogP contribution in [0.1, 0.15) is 41.6 Å². The Balaban J connectivity index is 1.55. The van der Waals surface area contributed by atoms with Crippen LogP contribution in [0, 0.1) is 18.2 Å². The number of benzene rings is 2. The maximum absolute atomic E-state index is 14.6. The summed E-state index contributed by atoms with van der Waals surface area (Å²) in [5, 5.41) is 2.76. The third kappa shape index (κ3) is 5.08. The van der Waals surface area contributed by atoms with Crippen LogP contribution in [-0.4, -0.2) is 17.5 Å². The number of amides is 1. The van der Waals surface area contributed by atoms with Crippen molar-refractivity contribution in [2.45, 2.75) is 32.2 Å². The van der Waals surface area contributed by atoms with Crippen molar-refractivity contribution < 1.29 is 13.9 Å². The Labute approximate surface area is 167 Å². The van der Waals surface area contributed by atoms with E-state index in [1.807, 2.05) is 0 Å². The van der Waals surface area contributed by atoms with Crippen LogP contribution in [0.4, 0.5) is 4.39 Å². The summed E-state index contributed by atoms with van der Waals surface area (Å²) in [6.07, 6.45) is 8.68. The summed E-state index contributed by atoms with van der Waals surface area (Å²) in [5.74, 6) is 2.11. The molecule has 1 aromatic heterocycles. The zero-order valence-corrected chi connectivity index (χ0v) is 16.2. The van der Waals surface area contributed by atoms with E-state index in [2.05, 4.69) is 16.2 Å². The number of hydrogen-bond donors (Lipinski definition) is 1. The van der Waals surface area contributed by atoms with Gasteiger partial charge < -0.3 is 10.1 Å². The van der Waals surface area contributed by atoms with Crippen molar-refractivity contribution in [1.29, 1.82) is 0 Å². The first-order chi connectivity index (χ1) is 13.7. The summed E-state index contributed by atoms with van der Waals surface area (Å²) in [5.41, 5.74) is 3.51. The zero-order valence-electron chi connectivity index (χ0n) is 15.4. The van der Waals surface area contributed by atoms with Crippen molar-refractivity contribution in [2.75, 3.05) is 6.61 Å². The van der Waals surface area contributed by atoms with Crippen molar-refractivity contribution >= 4 is 27.5 Å². The zero-order chi connectivity index (χ0) is 19.8. The van der Waals surface area contributed by atoms with Gasteiger partial charge in [0, 0.05) is 24.1 Å². The van der Waals surface area contributed by atoms with Crippen LogP contribution in [-0.2, 0) is 6.54 Å². The molecule has 0 saturated heterocycles. The maximum atomic E-state index is 14.6. The van der Waals surface area contributed by atoms with Gasteiger partial charge in [-0.2, -0.15) is 0 Å². The molecular weight excluding hydrogens is 375 g/mol. The van der Waals surface area contributed by atoms with Gasteiger partial charge in [-0.25, -0.2) is 9.37 Å². The Morgan fingerprint density at radius 3 is 3.00 bits per heavy atom. The van der Waals surface area contributed by atoms with E-state index in [0.29, 0.717) is 17.7 Å². The number of carbonyl (C=O) groups excluding carboxylic acids is 1. The second-order valence-corrected chi connectivity index (χ2v) is 7.20. The van der Waals surface area contributed by atoms with Gasteiger partial charge in [0.25, 0.3) is 5.91 Å². The summed E-state index contributed by atoms with van der Waals surface area (Å²) >= 11 is 1.47. The van der Waals surface area contributed by atoms with Gasteiger partial charge in [0.05, 0.1) is 22.3 Å². The van der Waals surface area contributed by atoms with E-state index in [1.165, 1.54) is 11.3 Å². The van der Waals surface area contributed by atoms with Gasteiger partial charge in [0.2, 0.25) is 0 Å². The third-order valence-corrected chi connectivity index (χ3v) is 5.09. The normalized spacial score (nSPS) is 10.6. The number of unbranched alkanes of at least 4 members (excludes halogenated alkanes) is 3. The first kappa shape index (κ1) is 19.8. The van der Waals surface area contributed by atoms with Crippen LogP contribution in [0.5, 0.6) is 5.75 Å². The van der Waals surface area contributed by atoms with Gasteiger partial charge in [-0.15, -0.1) is 23.7 Å². The van der Waals surface area contributed by atoms with Gasteiger partial charge in [0.1, 0.15) is 0 Å². The van der Waals surface area contributed by atoms with Gasteiger partial charge in [-0.1, -0.05) is 12.1 Å². The van der Waals surface area contributed by atoms with Crippen molar-refractivity contribution in [1.82, 2.24) is 10.3 Å². The van der Waals surface area contributed by atoms with Crippen molar-refractivity contribution in [3.05, 3.63) is 58.9 Å². The molecule has 2 aromatic carbocycles. The SMILES string of the molecule is C#CCCCCCOc1cccc(CNC(=O)c2ccc3ncsc3c2)c1F. The molecule has 1 N–H and O–H groups in total. The number of fused-ring (bicyclic) bond motifs is 1. The fraction of sp³-hybridized carbons (Fsp3) is 0.273. The Morgan fingerprint density at radius 2 is 2.14 bits per heavy atom. The number of ether oxygens (including phenoxy) is 1. The van der Waals surface area contributed by atoms with Gasteiger partial charge in [0.15, 0.2) is 11.6 Å². The summed E-state index contributed by atoms with van der Waals surface area (Å²) in [4.78, 5) is 16.6. The number of thiazole rings is 1. The second kappa shape index (κ2) is 9.86. The summed E-state index contributed by atoms with van der Waals surface area (Å²) < 4.78 is 21.1. The minimum Gasteiger partial charge on any atom is -0.491 e. The highest BCUT2D eigenvalue weighted by Crippen LogP contribution is 2.22. The average molecular weight is 396 g/mol. The number of nitrogens with one attached hydrogen (secondary N) is 1. The Kier molecular flexibility index (Phi) is 6.99. The molecular formula is C22H21FN2O2S. The lowest BCUT2D eigenvalue weighted by Gasteiger charge is -2.11. The predicted octanol–water partition coefficient (Wildman–Crippen LogP) is 4.94. The minimum absolute atomic E-state index is 0.0881. The number of terminal acetylenes is 1. The van der Waals surface area contributed by atoms with Crippen molar-refractivity contribution in [2.24, 2.45) is 0 Å². The van der Waals surface area contributed by atoms with Crippen molar-refractivity contribution in [3.63, 3.8) is 0 Å². The number of halogens is 1.